The highest BCUT2D eigenvalue weighted by atomic mass is 16.7. The van der Waals surface area contributed by atoms with Crippen LogP contribution in [0.5, 0.6) is 0 Å². The molecule has 0 aromatic heterocycles. The Kier molecular flexibility index (Phi) is 2.68. The Morgan fingerprint density at radius 1 is 1.06 bits per heavy atom. The van der Waals surface area contributed by atoms with E-state index in [1.165, 1.54) is 0 Å². The second-order valence-electron chi connectivity index (χ2n) is 5.21. The standard InChI is InChI=1S/C10H18BN3O2/c1-9(2)10(3,4)16-11(15-9)7-5-13-8(12)14-6-7/h5-8H,12H2,1-4H3. The van der Waals surface area contributed by atoms with Gasteiger partial charge in [-0.25, -0.2) is 0 Å². The van der Waals surface area contributed by atoms with Crippen molar-refractivity contribution in [3.63, 3.8) is 0 Å². The van der Waals surface area contributed by atoms with Gasteiger partial charge in [-0.3, -0.25) is 15.7 Å². The van der Waals surface area contributed by atoms with Crippen molar-refractivity contribution in [3.05, 3.63) is 0 Å². The molecule has 0 unspecified atom stereocenters. The quantitative estimate of drug-likeness (QED) is 0.670. The Morgan fingerprint density at radius 3 is 1.94 bits per heavy atom. The van der Waals surface area contributed by atoms with Gasteiger partial charge in [-0.15, -0.1) is 0 Å². The molecule has 2 heterocycles. The van der Waals surface area contributed by atoms with E-state index in [-0.39, 0.29) is 24.1 Å². The molecule has 0 amide bonds. The third-order valence-corrected chi connectivity index (χ3v) is 3.41. The van der Waals surface area contributed by atoms with Gasteiger partial charge in [0, 0.05) is 12.4 Å². The Bertz CT molecular complexity index is 311. The third kappa shape index (κ3) is 1.92. The maximum absolute atomic E-state index is 5.89. The molecule has 0 atom stereocenters. The zero-order valence-corrected chi connectivity index (χ0v) is 10.2. The number of nitrogens with two attached hydrogens (primary N) is 1. The summed E-state index contributed by atoms with van der Waals surface area (Å²) in [6, 6.07) is 0. The van der Waals surface area contributed by atoms with Crippen LogP contribution in [0.4, 0.5) is 0 Å². The van der Waals surface area contributed by atoms with Crippen molar-refractivity contribution in [2.75, 3.05) is 0 Å². The Hall–Kier alpha value is -0.715. The summed E-state index contributed by atoms with van der Waals surface area (Å²) in [5.41, 5.74) is 4.88. The molecular weight excluding hydrogens is 205 g/mol. The van der Waals surface area contributed by atoms with Crippen LogP contribution in [0.3, 0.4) is 0 Å². The molecule has 0 aromatic carbocycles. The van der Waals surface area contributed by atoms with E-state index in [1.807, 2.05) is 27.7 Å². The third-order valence-electron chi connectivity index (χ3n) is 3.41. The van der Waals surface area contributed by atoms with Crippen LogP contribution in [0, 0.1) is 0 Å². The molecule has 2 aliphatic rings. The lowest BCUT2D eigenvalue weighted by Crippen LogP contribution is -2.41. The summed E-state index contributed by atoms with van der Waals surface area (Å²) in [5.74, 6) is -0.0548. The van der Waals surface area contributed by atoms with Crippen LogP contribution >= 0.6 is 0 Å². The highest BCUT2D eigenvalue weighted by molar-refractivity contribution is 6.56. The van der Waals surface area contributed by atoms with E-state index in [0.29, 0.717) is 0 Å². The number of nitrogens with zero attached hydrogens (tertiary/aromatic N) is 2. The van der Waals surface area contributed by atoms with Gasteiger partial charge < -0.3 is 9.31 Å². The van der Waals surface area contributed by atoms with Gasteiger partial charge in [-0.2, -0.15) is 0 Å². The molecule has 16 heavy (non-hydrogen) atoms. The topological polar surface area (TPSA) is 69.2 Å². The molecule has 0 aromatic rings. The van der Waals surface area contributed by atoms with Crippen molar-refractivity contribution in [2.45, 2.75) is 51.0 Å². The fourth-order valence-corrected chi connectivity index (χ4v) is 1.64. The Labute approximate surface area is 96.3 Å². The smallest absolute Gasteiger partial charge is 0.403 e. The van der Waals surface area contributed by atoms with E-state index in [0.717, 1.165) is 0 Å². The lowest BCUT2D eigenvalue weighted by Gasteiger charge is -2.32. The van der Waals surface area contributed by atoms with Crippen molar-refractivity contribution in [1.82, 2.24) is 0 Å². The maximum Gasteiger partial charge on any atom is 0.472 e. The Morgan fingerprint density at radius 2 is 1.50 bits per heavy atom. The lowest BCUT2D eigenvalue weighted by atomic mass is 9.73. The minimum absolute atomic E-state index is 0.0548. The molecule has 0 saturated carbocycles. The van der Waals surface area contributed by atoms with Crippen LogP contribution in [-0.4, -0.2) is 37.0 Å². The average molecular weight is 223 g/mol. The molecule has 6 heteroatoms. The van der Waals surface area contributed by atoms with Crippen molar-refractivity contribution in [2.24, 2.45) is 15.7 Å². The summed E-state index contributed by atoms with van der Waals surface area (Å²) in [7, 11) is -0.329. The van der Waals surface area contributed by atoms with Crippen LogP contribution in [0.25, 0.3) is 0 Å². The second-order valence-corrected chi connectivity index (χ2v) is 5.21. The van der Waals surface area contributed by atoms with E-state index in [9.17, 15) is 0 Å². The van der Waals surface area contributed by atoms with Crippen molar-refractivity contribution < 1.29 is 9.31 Å². The van der Waals surface area contributed by atoms with Crippen molar-refractivity contribution in [1.29, 1.82) is 0 Å². The summed E-state index contributed by atoms with van der Waals surface area (Å²) in [5, 5.41) is 0. The van der Waals surface area contributed by atoms with Gasteiger partial charge in [0.05, 0.1) is 17.0 Å². The van der Waals surface area contributed by atoms with Crippen molar-refractivity contribution in [3.8, 4) is 0 Å². The number of hydrogen-bond acceptors (Lipinski definition) is 5. The first-order valence-corrected chi connectivity index (χ1v) is 5.50. The Balaban J connectivity index is 2.10. The number of rotatable bonds is 1. The predicted molar refractivity (Wildman–Crippen MR) is 64.8 cm³/mol. The molecule has 2 aliphatic heterocycles. The summed E-state index contributed by atoms with van der Waals surface area (Å²) >= 11 is 0. The predicted octanol–water partition coefficient (Wildman–Crippen LogP) is 0.846. The van der Waals surface area contributed by atoms with Gasteiger partial charge in [-0.05, 0) is 27.7 Å². The van der Waals surface area contributed by atoms with E-state index in [2.05, 4.69) is 9.98 Å². The average Bonchev–Trinajstić information content (AvgIpc) is 2.37. The number of aliphatic imine (C=N–C) groups is 2. The zero-order chi connectivity index (χ0) is 12.0. The first-order valence-electron chi connectivity index (χ1n) is 5.50. The summed E-state index contributed by atoms with van der Waals surface area (Å²) in [6.45, 7) is 8.09. The van der Waals surface area contributed by atoms with Gasteiger partial charge in [0.1, 0.15) is 0 Å². The van der Waals surface area contributed by atoms with E-state index in [4.69, 9.17) is 15.0 Å². The number of hydrogen-bond donors (Lipinski definition) is 1. The molecule has 0 aliphatic carbocycles. The highest BCUT2D eigenvalue weighted by Crippen LogP contribution is 2.39. The van der Waals surface area contributed by atoms with E-state index < -0.39 is 6.29 Å². The summed E-state index contributed by atoms with van der Waals surface area (Å²) < 4.78 is 11.8. The second kappa shape index (κ2) is 3.65. The van der Waals surface area contributed by atoms with E-state index in [1.54, 1.807) is 12.4 Å². The summed E-state index contributed by atoms with van der Waals surface area (Å²) in [4.78, 5) is 8.09. The minimum atomic E-state index is -0.473. The molecule has 2 rings (SSSR count). The molecule has 0 radical (unpaired) electrons. The molecule has 0 bridgehead atoms. The van der Waals surface area contributed by atoms with Crippen LogP contribution in [-0.2, 0) is 9.31 Å². The molecule has 5 nitrogen and oxygen atoms in total. The van der Waals surface area contributed by atoms with Gasteiger partial charge in [0.2, 0.25) is 0 Å². The maximum atomic E-state index is 5.89. The SMILES string of the molecule is CC1(C)OB(C2C=NC(N)N=C2)OC1(C)C. The molecule has 0 spiro atoms. The van der Waals surface area contributed by atoms with Crippen LogP contribution < -0.4 is 5.73 Å². The largest absolute Gasteiger partial charge is 0.472 e. The molecule has 2 N–H and O–H groups in total. The lowest BCUT2D eigenvalue weighted by molar-refractivity contribution is 0.00578. The van der Waals surface area contributed by atoms with Crippen LogP contribution in [0.1, 0.15) is 27.7 Å². The van der Waals surface area contributed by atoms with Gasteiger partial charge in [0.25, 0.3) is 0 Å². The molecule has 1 fully saturated rings. The van der Waals surface area contributed by atoms with Gasteiger partial charge in [0.15, 0.2) is 6.29 Å². The van der Waals surface area contributed by atoms with Crippen molar-refractivity contribution >= 4 is 19.5 Å². The fourth-order valence-electron chi connectivity index (χ4n) is 1.64. The van der Waals surface area contributed by atoms with E-state index >= 15 is 0 Å². The minimum Gasteiger partial charge on any atom is -0.403 e. The monoisotopic (exact) mass is 223 g/mol. The van der Waals surface area contributed by atoms with Gasteiger partial charge >= 0.3 is 7.12 Å². The van der Waals surface area contributed by atoms with Crippen LogP contribution in [0.2, 0.25) is 5.82 Å². The van der Waals surface area contributed by atoms with Gasteiger partial charge in [-0.1, -0.05) is 0 Å². The molecular formula is C10H18BN3O2. The zero-order valence-electron chi connectivity index (χ0n) is 10.2. The summed E-state index contributed by atoms with van der Waals surface area (Å²) in [6.07, 6.45) is 3.03. The first kappa shape index (κ1) is 11.8. The van der Waals surface area contributed by atoms with Crippen LogP contribution in [0.15, 0.2) is 9.98 Å². The molecule has 88 valence electrons. The first-order chi connectivity index (χ1) is 7.32. The highest BCUT2D eigenvalue weighted by Gasteiger charge is 2.53. The fraction of sp³-hybridized carbons (Fsp3) is 0.800. The molecule has 1 saturated heterocycles. The normalized spacial score (nSPS) is 35.7.